The topological polar surface area (TPSA) is 71.9 Å². The quantitative estimate of drug-likeness (QED) is 0.847. The number of nitrogens with zero attached hydrogens (tertiary/aromatic N) is 2. The fourth-order valence-electron chi connectivity index (χ4n) is 1.10. The van der Waals surface area contributed by atoms with Crippen molar-refractivity contribution in [1.29, 1.82) is 5.26 Å². The molecular weight excluding hydrogens is 202 g/mol. The third-order valence-corrected chi connectivity index (χ3v) is 2.10. The molecule has 16 heavy (non-hydrogen) atoms. The summed E-state index contributed by atoms with van der Waals surface area (Å²) in [6.45, 7) is 7.01. The Bertz CT molecular complexity index is 402. The highest BCUT2D eigenvalue weighted by Crippen LogP contribution is 2.22. The van der Waals surface area contributed by atoms with Crippen molar-refractivity contribution in [3.05, 3.63) is 17.8 Å². The van der Waals surface area contributed by atoms with E-state index in [0.717, 1.165) is 6.42 Å². The molecular formula is C12H17N3O. The first-order valence-corrected chi connectivity index (χ1v) is 5.21. The summed E-state index contributed by atoms with van der Waals surface area (Å²) >= 11 is 0. The van der Waals surface area contributed by atoms with Crippen molar-refractivity contribution in [2.45, 2.75) is 27.2 Å². The minimum Gasteiger partial charge on any atom is -0.476 e. The van der Waals surface area contributed by atoms with Gasteiger partial charge in [0.05, 0.1) is 17.9 Å². The molecule has 0 aliphatic heterocycles. The van der Waals surface area contributed by atoms with Gasteiger partial charge in [0, 0.05) is 6.20 Å². The molecule has 0 radical (unpaired) electrons. The summed E-state index contributed by atoms with van der Waals surface area (Å²) in [7, 11) is 0. The second kappa shape index (κ2) is 4.84. The molecule has 0 bridgehead atoms. The van der Waals surface area contributed by atoms with Crippen molar-refractivity contribution in [2.75, 3.05) is 12.3 Å². The molecule has 1 rings (SSSR count). The van der Waals surface area contributed by atoms with Gasteiger partial charge in [0.15, 0.2) is 0 Å². The Balaban J connectivity index is 2.59. The van der Waals surface area contributed by atoms with Gasteiger partial charge in [-0.05, 0) is 17.9 Å². The van der Waals surface area contributed by atoms with E-state index < -0.39 is 0 Å². The molecule has 1 heterocycles. The van der Waals surface area contributed by atoms with Crippen LogP contribution in [-0.2, 0) is 0 Å². The van der Waals surface area contributed by atoms with Crippen molar-refractivity contribution >= 4 is 5.69 Å². The van der Waals surface area contributed by atoms with Crippen LogP contribution in [0.25, 0.3) is 0 Å². The molecule has 0 aromatic carbocycles. The molecule has 0 atom stereocenters. The number of anilines is 1. The fraction of sp³-hybridized carbons (Fsp3) is 0.500. The fourth-order valence-corrected chi connectivity index (χ4v) is 1.10. The molecule has 1 aromatic heterocycles. The number of nitriles is 1. The van der Waals surface area contributed by atoms with Gasteiger partial charge in [-0.3, -0.25) is 0 Å². The number of ether oxygens (including phenoxy) is 1. The van der Waals surface area contributed by atoms with Gasteiger partial charge in [0.2, 0.25) is 5.88 Å². The normalized spacial score (nSPS) is 10.9. The number of pyridine rings is 1. The van der Waals surface area contributed by atoms with E-state index in [9.17, 15) is 0 Å². The Hall–Kier alpha value is -1.76. The van der Waals surface area contributed by atoms with Gasteiger partial charge in [0.1, 0.15) is 6.07 Å². The molecule has 86 valence electrons. The molecule has 0 unspecified atom stereocenters. The summed E-state index contributed by atoms with van der Waals surface area (Å²) < 4.78 is 5.47. The van der Waals surface area contributed by atoms with Crippen LogP contribution < -0.4 is 10.5 Å². The van der Waals surface area contributed by atoms with Gasteiger partial charge in [-0.2, -0.15) is 5.26 Å². The lowest BCUT2D eigenvalue weighted by Gasteiger charge is -2.18. The molecule has 0 amide bonds. The Kier molecular flexibility index (Phi) is 3.73. The zero-order valence-corrected chi connectivity index (χ0v) is 9.95. The minimum atomic E-state index is 0.224. The molecule has 2 N–H and O–H groups in total. The molecule has 0 aliphatic carbocycles. The van der Waals surface area contributed by atoms with Crippen LogP contribution in [0.5, 0.6) is 5.88 Å². The van der Waals surface area contributed by atoms with Crippen LogP contribution in [0.1, 0.15) is 32.8 Å². The lowest BCUT2D eigenvalue weighted by atomic mass is 9.93. The van der Waals surface area contributed by atoms with Gasteiger partial charge in [-0.15, -0.1) is 0 Å². The molecule has 0 aliphatic rings. The maximum atomic E-state index is 8.65. The SMILES string of the molecule is CC(C)(C)CCOc1ncc(C#N)cc1N. The largest absolute Gasteiger partial charge is 0.476 e. The molecule has 4 nitrogen and oxygen atoms in total. The summed E-state index contributed by atoms with van der Waals surface area (Å²) in [5.41, 5.74) is 6.79. The van der Waals surface area contributed by atoms with Gasteiger partial charge < -0.3 is 10.5 Å². The van der Waals surface area contributed by atoms with Gasteiger partial charge in [0.25, 0.3) is 0 Å². The Morgan fingerprint density at radius 1 is 1.50 bits per heavy atom. The number of hydrogen-bond donors (Lipinski definition) is 1. The average molecular weight is 219 g/mol. The van der Waals surface area contributed by atoms with Crippen molar-refractivity contribution in [1.82, 2.24) is 4.98 Å². The standard InChI is InChI=1S/C12H17N3O/c1-12(2,3)4-5-16-11-10(14)6-9(7-13)8-15-11/h6,8H,4-5,14H2,1-3H3. The number of hydrogen-bond acceptors (Lipinski definition) is 4. The van der Waals surface area contributed by atoms with Crippen molar-refractivity contribution in [3.8, 4) is 11.9 Å². The van der Waals surface area contributed by atoms with E-state index in [1.165, 1.54) is 6.20 Å². The van der Waals surface area contributed by atoms with Crippen molar-refractivity contribution in [2.24, 2.45) is 5.41 Å². The summed E-state index contributed by atoms with van der Waals surface area (Å²) in [5.74, 6) is 0.406. The van der Waals surface area contributed by atoms with Crippen LogP contribution in [-0.4, -0.2) is 11.6 Å². The third kappa shape index (κ3) is 3.77. The monoisotopic (exact) mass is 219 g/mol. The van der Waals surface area contributed by atoms with E-state index >= 15 is 0 Å². The maximum absolute atomic E-state index is 8.65. The first-order chi connectivity index (χ1) is 7.42. The van der Waals surface area contributed by atoms with E-state index in [1.807, 2.05) is 6.07 Å². The lowest BCUT2D eigenvalue weighted by molar-refractivity contribution is 0.237. The Morgan fingerprint density at radius 2 is 2.19 bits per heavy atom. The summed E-state index contributed by atoms with van der Waals surface area (Å²) in [6.07, 6.45) is 2.39. The van der Waals surface area contributed by atoms with E-state index in [-0.39, 0.29) is 5.41 Å². The number of aromatic nitrogens is 1. The van der Waals surface area contributed by atoms with E-state index in [4.69, 9.17) is 15.7 Å². The number of nitrogen functional groups attached to an aromatic ring is 1. The predicted molar refractivity (Wildman–Crippen MR) is 62.9 cm³/mol. The zero-order chi connectivity index (χ0) is 12.2. The molecule has 0 saturated carbocycles. The summed E-state index contributed by atoms with van der Waals surface area (Å²) in [6, 6.07) is 3.55. The van der Waals surface area contributed by atoms with Crippen LogP contribution in [0.4, 0.5) is 5.69 Å². The van der Waals surface area contributed by atoms with Crippen LogP contribution >= 0.6 is 0 Å². The summed E-state index contributed by atoms with van der Waals surface area (Å²) in [4.78, 5) is 4.00. The van der Waals surface area contributed by atoms with Crippen LogP contribution in [0.2, 0.25) is 0 Å². The second-order valence-electron chi connectivity index (χ2n) is 4.89. The minimum absolute atomic E-state index is 0.224. The van der Waals surface area contributed by atoms with Gasteiger partial charge in [-0.1, -0.05) is 20.8 Å². The molecule has 0 saturated heterocycles. The molecule has 0 fully saturated rings. The lowest BCUT2D eigenvalue weighted by Crippen LogP contribution is -2.12. The first-order valence-electron chi connectivity index (χ1n) is 5.21. The average Bonchev–Trinajstić information content (AvgIpc) is 2.18. The summed E-state index contributed by atoms with van der Waals surface area (Å²) in [5, 5.41) is 8.65. The zero-order valence-electron chi connectivity index (χ0n) is 9.95. The van der Waals surface area contributed by atoms with Crippen LogP contribution in [0.3, 0.4) is 0 Å². The van der Waals surface area contributed by atoms with Crippen LogP contribution in [0, 0.1) is 16.7 Å². The van der Waals surface area contributed by atoms with Gasteiger partial charge in [-0.25, -0.2) is 4.98 Å². The van der Waals surface area contributed by atoms with Gasteiger partial charge >= 0.3 is 0 Å². The van der Waals surface area contributed by atoms with E-state index in [1.54, 1.807) is 6.07 Å². The van der Waals surface area contributed by atoms with Crippen molar-refractivity contribution in [3.63, 3.8) is 0 Å². The highest BCUT2D eigenvalue weighted by molar-refractivity contribution is 5.51. The van der Waals surface area contributed by atoms with E-state index in [0.29, 0.717) is 23.7 Å². The third-order valence-electron chi connectivity index (χ3n) is 2.10. The van der Waals surface area contributed by atoms with E-state index in [2.05, 4.69) is 25.8 Å². The van der Waals surface area contributed by atoms with Crippen molar-refractivity contribution < 1.29 is 4.74 Å². The maximum Gasteiger partial charge on any atom is 0.237 e. The molecule has 1 aromatic rings. The second-order valence-corrected chi connectivity index (χ2v) is 4.89. The molecule has 0 spiro atoms. The highest BCUT2D eigenvalue weighted by Gasteiger charge is 2.11. The predicted octanol–water partition coefficient (Wildman–Crippen LogP) is 2.35. The molecule has 4 heteroatoms. The smallest absolute Gasteiger partial charge is 0.237 e. The highest BCUT2D eigenvalue weighted by atomic mass is 16.5. The Labute approximate surface area is 96.1 Å². The van der Waals surface area contributed by atoms with Crippen LogP contribution in [0.15, 0.2) is 12.3 Å². The first kappa shape index (κ1) is 12.3. The Morgan fingerprint density at radius 3 is 2.69 bits per heavy atom. The number of rotatable bonds is 3. The number of nitrogens with two attached hydrogens (primary N) is 1.